The van der Waals surface area contributed by atoms with Gasteiger partial charge in [-0.05, 0) is 47.7 Å². The zero-order valence-corrected chi connectivity index (χ0v) is 15.0. The minimum absolute atomic E-state index is 0.408. The first-order valence-electron chi connectivity index (χ1n) is 8.54. The monoisotopic (exact) mass is 380 g/mol. The summed E-state index contributed by atoms with van der Waals surface area (Å²) < 4.78 is 37.3. The maximum absolute atomic E-state index is 13.6. The van der Waals surface area contributed by atoms with Crippen LogP contribution in [0, 0.1) is 6.92 Å². The number of hydrogen-bond acceptors (Lipinski definition) is 5. The summed E-state index contributed by atoms with van der Waals surface area (Å²) in [6.07, 6.45) is -7.46. The highest BCUT2D eigenvalue weighted by Gasteiger charge is 2.57. The number of methoxy groups -OCH3 is 1. The summed E-state index contributed by atoms with van der Waals surface area (Å²) in [6.45, 7) is 1.92. The number of aryl methyl sites for hydroxylation is 1. The van der Waals surface area contributed by atoms with Crippen LogP contribution in [-0.4, -0.2) is 46.8 Å². The molecular weight excluding hydrogens is 358 g/mol. The number of rotatable bonds is 4. The summed E-state index contributed by atoms with van der Waals surface area (Å²) >= 11 is 0. The van der Waals surface area contributed by atoms with Crippen LogP contribution in [0.1, 0.15) is 28.4 Å². The fraction of sp³-hybridized carbons (Fsp3) is 0.400. The molecule has 7 heteroatoms. The van der Waals surface area contributed by atoms with Crippen molar-refractivity contribution < 1.29 is 33.6 Å². The molecule has 0 amide bonds. The Hall–Kier alpha value is -2.06. The second-order valence-electron chi connectivity index (χ2n) is 6.73. The molecule has 3 rings (SSSR count). The zero-order chi connectivity index (χ0) is 19.8. The van der Waals surface area contributed by atoms with Crippen molar-refractivity contribution in [3.05, 3.63) is 64.7 Å². The molecule has 2 aromatic rings. The molecule has 27 heavy (non-hydrogen) atoms. The highest BCUT2D eigenvalue weighted by molar-refractivity contribution is 5.38. The van der Waals surface area contributed by atoms with E-state index in [2.05, 4.69) is 0 Å². The first-order valence-corrected chi connectivity index (χ1v) is 8.54. The Kier molecular flexibility index (Phi) is 5.48. The van der Waals surface area contributed by atoms with Gasteiger partial charge in [0.1, 0.15) is 18.0 Å². The van der Waals surface area contributed by atoms with Crippen LogP contribution in [-0.2, 0) is 11.2 Å². The van der Waals surface area contributed by atoms with E-state index in [0.29, 0.717) is 12.0 Å². The normalized spacial score (nSPS) is 27.4. The summed E-state index contributed by atoms with van der Waals surface area (Å²) in [5.74, 6) is -3.20. The number of aliphatic hydroxyl groups excluding tert-OH is 3. The van der Waals surface area contributed by atoms with E-state index < -0.39 is 30.5 Å². The number of alkyl halides is 2. The van der Waals surface area contributed by atoms with Gasteiger partial charge in [0.25, 0.3) is 0 Å². The molecule has 5 nitrogen and oxygen atoms in total. The molecule has 1 aliphatic rings. The maximum Gasteiger partial charge on any atom is 0.325 e. The van der Waals surface area contributed by atoms with E-state index in [1.54, 1.807) is 25.3 Å². The van der Waals surface area contributed by atoms with Crippen LogP contribution in [0.25, 0.3) is 0 Å². The average molecular weight is 380 g/mol. The van der Waals surface area contributed by atoms with E-state index in [-0.39, 0.29) is 0 Å². The molecule has 0 bridgehead atoms. The number of benzene rings is 2. The van der Waals surface area contributed by atoms with Crippen molar-refractivity contribution in [1.29, 1.82) is 0 Å². The fourth-order valence-corrected chi connectivity index (χ4v) is 3.15. The Balaban J connectivity index is 1.86. The summed E-state index contributed by atoms with van der Waals surface area (Å²) in [5.41, 5.74) is 3.32. The number of aliphatic hydroxyl groups is 3. The van der Waals surface area contributed by atoms with Crippen LogP contribution >= 0.6 is 0 Å². The van der Waals surface area contributed by atoms with Crippen LogP contribution < -0.4 is 4.74 Å². The van der Waals surface area contributed by atoms with Crippen LogP contribution in [0.15, 0.2) is 42.5 Å². The first kappa shape index (κ1) is 19.7. The molecule has 0 aliphatic carbocycles. The van der Waals surface area contributed by atoms with Gasteiger partial charge in [0, 0.05) is 0 Å². The second-order valence-corrected chi connectivity index (χ2v) is 6.73. The zero-order valence-electron chi connectivity index (χ0n) is 15.0. The lowest BCUT2D eigenvalue weighted by atomic mass is 9.90. The van der Waals surface area contributed by atoms with Gasteiger partial charge in [0.2, 0.25) is 6.29 Å². The van der Waals surface area contributed by atoms with Crippen molar-refractivity contribution in [1.82, 2.24) is 0 Å². The predicted molar refractivity (Wildman–Crippen MR) is 93.8 cm³/mol. The fourth-order valence-electron chi connectivity index (χ4n) is 3.15. The third kappa shape index (κ3) is 3.82. The highest BCUT2D eigenvalue weighted by Crippen LogP contribution is 2.40. The lowest BCUT2D eigenvalue weighted by Crippen LogP contribution is -2.58. The van der Waals surface area contributed by atoms with Gasteiger partial charge in [-0.3, -0.25) is 0 Å². The van der Waals surface area contributed by atoms with Crippen LogP contribution in [0.3, 0.4) is 0 Å². The number of hydrogen-bond donors (Lipinski definition) is 3. The lowest BCUT2D eigenvalue weighted by Gasteiger charge is -2.40. The molecule has 0 radical (unpaired) electrons. The van der Waals surface area contributed by atoms with Gasteiger partial charge in [-0.15, -0.1) is 0 Å². The van der Waals surface area contributed by atoms with Crippen LogP contribution in [0.4, 0.5) is 8.78 Å². The topological polar surface area (TPSA) is 79.2 Å². The van der Waals surface area contributed by atoms with Gasteiger partial charge >= 0.3 is 5.92 Å². The molecule has 1 aliphatic heterocycles. The molecule has 0 unspecified atom stereocenters. The van der Waals surface area contributed by atoms with E-state index >= 15 is 0 Å². The Morgan fingerprint density at radius 2 is 1.74 bits per heavy atom. The number of halogens is 2. The van der Waals surface area contributed by atoms with Gasteiger partial charge in [-0.2, -0.15) is 8.78 Å². The molecule has 1 fully saturated rings. The van der Waals surface area contributed by atoms with Crippen molar-refractivity contribution in [2.45, 2.75) is 43.9 Å². The van der Waals surface area contributed by atoms with Crippen LogP contribution in [0.2, 0.25) is 0 Å². The van der Waals surface area contributed by atoms with Crippen LogP contribution in [0.5, 0.6) is 5.75 Å². The largest absolute Gasteiger partial charge is 0.497 e. The van der Waals surface area contributed by atoms with Gasteiger partial charge in [-0.25, -0.2) is 0 Å². The molecule has 4 atom stereocenters. The van der Waals surface area contributed by atoms with E-state index in [1.807, 2.05) is 31.2 Å². The molecule has 0 saturated carbocycles. The van der Waals surface area contributed by atoms with Gasteiger partial charge in [0.15, 0.2) is 6.10 Å². The summed E-state index contributed by atoms with van der Waals surface area (Å²) in [5, 5.41) is 29.2. The minimum Gasteiger partial charge on any atom is -0.497 e. The van der Waals surface area contributed by atoms with E-state index in [1.165, 1.54) is 0 Å². The molecule has 3 N–H and O–H groups in total. The summed E-state index contributed by atoms with van der Waals surface area (Å²) in [4.78, 5) is 0. The molecule has 0 spiro atoms. The maximum atomic E-state index is 13.6. The smallest absolute Gasteiger partial charge is 0.325 e. The molecule has 146 valence electrons. The van der Waals surface area contributed by atoms with E-state index in [0.717, 1.165) is 22.4 Å². The third-order valence-corrected chi connectivity index (χ3v) is 4.89. The van der Waals surface area contributed by atoms with Gasteiger partial charge < -0.3 is 24.8 Å². The highest BCUT2D eigenvalue weighted by atomic mass is 19.3. The first-order chi connectivity index (χ1) is 12.7. The van der Waals surface area contributed by atoms with Crippen molar-refractivity contribution in [3.8, 4) is 5.75 Å². The molecule has 2 aromatic carbocycles. The van der Waals surface area contributed by atoms with E-state index in [9.17, 15) is 24.1 Å². The second kappa shape index (κ2) is 7.52. The Morgan fingerprint density at radius 3 is 2.37 bits per heavy atom. The van der Waals surface area contributed by atoms with Crippen molar-refractivity contribution >= 4 is 0 Å². The SMILES string of the molecule is COc1ccc(Cc2cc([C@@H]3O[C@H](O)C(F)(F)[C@H](O)[C@H]3O)ccc2C)cc1. The van der Waals surface area contributed by atoms with E-state index in [4.69, 9.17) is 9.47 Å². The minimum atomic E-state index is -3.94. The van der Waals surface area contributed by atoms with Crippen molar-refractivity contribution in [2.75, 3.05) is 7.11 Å². The Morgan fingerprint density at radius 1 is 1.07 bits per heavy atom. The molecule has 1 saturated heterocycles. The van der Waals surface area contributed by atoms with Crippen molar-refractivity contribution in [2.24, 2.45) is 0 Å². The third-order valence-electron chi connectivity index (χ3n) is 4.89. The lowest BCUT2D eigenvalue weighted by molar-refractivity contribution is -0.345. The molecular formula is C20H22F2O5. The Bertz CT molecular complexity index is 793. The van der Waals surface area contributed by atoms with Gasteiger partial charge in [0.05, 0.1) is 7.11 Å². The molecule has 0 aromatic heterocycles. The average Bonchev–Trinajstić information content (AvgIpc) is 2.66. The quantitative estimate of drug-likeness (QED) is 0.759. The summed E-state index contributed by atoms with van der Waals surface area (Å²) in [7, 11) is 1.59. The van der Waals surface area contributed by atoms with Crippen molar-refractivity contribution in [3.63, 3.8) is 0 Å². The Labute approximate surface area is 155 Å². The summed E-state index contributed by atoms with van der Waals surface area (Å²) in [6, 6.07) is 12.7. The molecule has 1 heterocycles. The number of ether oxygens (including phenoxy) is 2. The standard InChI is InChI=1S/C20H22F2O5/c1-11-3-6-13(17-16(23)18(24)20(21,22)19(25)27-17)10-14(11)9-12-4-7-15(26-2)8-5-12/h3-8,10,16-19,23-25H,9H2,1-2H3/t16-,17-,18+,19-/m0/s1. The van der Waals surface area contributed by atoms with Gasteiger partial charge in [-0.1, -0.05) is 30.3 Å². The predicted octanol–water partition coefficient (Wildman–Crippen LogP) is 2.34.